The van der Waals surface area contributed by atoms with E-state index < -0.39 is 15.7 Å². The van der Waals surface area contributed by atoms with Gasteiger partial charge in [0, 0.05) is 6.42 Å². The zero-order valence-electron chi connectivity index (χ0n) is 13.2. The van der Waals surface area contributed by atoms with Gasteiger partial charge in [0.25, 0.3) is 0 Å². The van der Waals surface area contributed by atoms with Gasteiger partial charge >= 0.3 is 0 Å². The highest BCUT2D eigenvalue weighted by Gasteiger charge is 2.16. The van der Waals surface area contributed by atoms with E-state index in [4.69, 9.17) is 23.2 Å². The zero-order valence-corrected chi connectivity index (χ0v) is 16.3. The molecule has 0 aliphatic carbocycles. The molecule has 1 aromatic heterocycles. The van der Waals surface area contributed by atoms with Crippen molar-refractivity contribution < 1.29 is 13.2 Å². The van der Waals surface area contributed by atoms with Crippen molar-refractivity contribution in [2.75, 3.05) is 11.2 Å². The lowest BCUT2D eigenvalue weighted by atomic mass is 10.3. The molecule has 0 spiro atoms. The number of hydrogen-bond acceptors (Lipinski definition) is 6. The highest BCUT2D eigenvalue weighted by Crippen LogP contribution is 2.35. The van der Waals surface area contributed by atoms with Gasteiger partial charge in [0.2, 0.25) is 11.0 Å². The van der Waals surface area contributed by atoms with Crippen molar-refractivity contribution in [3.63, 3.8) is 0 Å². The number of fused-ring (bicyclic) bond motifs is 1. The highest BCUT2D eigenvalue weighted by molar-refractivity contribution is 7.91. The predicted octanol–water partition coefficient (Wildman–Crippen LogP) is 3.91. The number of nitrogens with zero attached hydrogens (tertiary/aromatic N) is 1. The van der Waals surface area contributed by atoms with E-state index in [0.717, 1.165) is 0 Å². The highest BCUT2D eigenvalue weighted by atomic mass is 35.5. The van der Waals surface area contributed by atoms with Gasteiger partial charge in [0.05, 0.1) is 25.4 Å². The molecule has 3 rings (SSSR count). The number of anilines is 1. The van der Waals surface area contributed by atoms with Crippen LogP contribution in [0.4, 0.5) is 5.13 Å². The summed E-state index contributed by atoms with van der Waals surface area (Å²) in [6.45, 7) is 0. The molecule has 0 aliphatic rings. The second kappa shape index (κ2) is 7.79. The van der Waals surface area contributed by atoms with Crippen LogP contribution in [0.2, 0.25) is 10.0 Å². The first-order chi connectivity index (χ1) is 12.4. The Morgan fingerprint density at radius 3 is 2.46 bits per heavy atom. The van der Waals surface area contributed by atoms with Crippen molar-refractivity contribution >= 4 is 65.6 Å². The lowest BCUT2D eigenvalue weighted by Crippen LogP contribution is -2.30. The number of sulfone groups is 1. The molecule has 0 fully saturated rings. The third-order valence-electron chi connectivity index (χ3n) is 3.46. The van der Waals surface area contributed by atoms with E-state index in [-0.39, 0.29) is 17.1 Å². The molecule has 136 valence electrons. The Balaban J connectivity index is 1.60. The number of rotatable bonds is 6. The van der Waals surface area contributed by atoms with Crippen LogP contribution in [0.3, 0.4) is 0 Å². The summed E-state index contributed by atoms with van der Waals surface area (Å²) in [6.07, 6.45) is -0.184. The molecule has 2 N–H and O–H groups in total. The van der Waals surface area contributed by atoms with Crippen molar-refractivity contribution in [1.29, 1.82) is 0 Å². The molecule has 0 radical (unpaired) electrons. The minimum Gasteiger partial charge on any atom is -0.273 e. The maximum Gasteiger partial charge on any atom is 0.239 e. The van der Waals surface area contributed by atoms with Crippen LogP contribution in [-0.4, -0.2) is 25.1 Å². The maximum absolute atomic E-state index is 12.2. The minimum absolute atomic E-state index is 0.184. The molecule has 0 bridgehead atoms. The third-order valence-corrected chi connectivity index (χ3v) is 6.92. The molecule has 6 nitrogen and oxygen atoms in total. The lowest BCUT2D eigenvalue weighted by Gasteiger charge is -2.06. The molecule has 0 saturated heterocycles. The Morgan fingerprint density at radius 2 is 1.77 bits per heavy atom. The van der Waals surface area contributed by atoms with Crippen LogP contribution in [0.5, 0.6) is 0 Å². The molecule has 10 heteroatoms. The predicted molar refractivity (Wildman–Crippen MR) is 105 cm³/mol. The zero-order chi connectivity index (χ0) is 18.7. The summed E-state index contributed by atoms with van der Waals surface area (Å²) in [4.78, 5) is 16.4. The number of nitrogens with one attached hydrogen (secondary N) is 2. The van der Waals surface area contributed by atoms with Crippen molar-refractivity contribution in [3.8, 4) is 0 Å². The van der Waals surface area contributed by atoms with E-state index in [2.05, 4.69) is 15.8 Å². The van der Waals surface area contributed by atoms with Gasteiger partial charge in [-0.05, 0) is 24.3 Å². The van der Waals surface area contributed by atoms with E-state index >= 15 is 0 Å². The molecule has 26 heavy (non-hydrogen) atoms. The second-order valence-electron chi connectivity index (χ2n) is 5.28. The van der Waals surface area contributed by atoms with Gasteiger partial charge in [0.1, 0.15) is 5.52 Å². The van der Waals surface area contributed by atoms with Gasteiger partial charge in [-0.25, -0.2) is 13.4 Å². The Morgan fingerprint density at radius 1 is 1.08 bits per heavy atom. The van der Waals surface area contributed by atoms with Gasteiger partial charge in [0.15, 0.2) is 9.84 Å². The first-order valence-electron chi connectivity index (χ1n) is 7.44. The van der Waals surface area contributed by atoms with Gasteiger partial charge < -0.3 is 0 Å². The molecule has 0 aliphatic heterocycles. The summed E-state index contributed by atoms with van der Waals surface area (Å²) in [5.74, 6) is -0.761. The molecule has 0 unspecified atom stereocenters. The van der Waals surface area contributed by atoms with E-state index in [9.17, 15) is 13.2 Å². The van der Waals surface area contributed by atoms with Crippen LogP contribution in [0.1, 0.15) is 6.42 Å². The van der Waals surface area contributed by atoms with Crippen LogP contribution in [0.15, 0.2) is 47.4 Å². The summed E-state index contributed by atoms with van der Waals surface area (Å²) in [5, 5.41) is 1.36. The number of benzene rings is 2. The Kier molecular flexibility index (Phi) is 5.67. The molecule has 3 aromatic rings. The summed E-state index contributed by atoms with van der Waals surface area (Å²) >= 11 is 13.4. The SMILES string of the molecule is O=C(CCS(=O)(=O)c1ccccc1)NNc1nc2c(Cl)ccc(Cl)c2s1. The number of carbonyl (C=O) groups excluding carboxylic acids is 1. The van der Waals surface area contributed by atoms with Crippen LogP contribution in [-0.2, 0) is 14.6 Å². The quantitative estimate of drug-likeness (QED) is 0.579. The first kappa shape index (κ1) is 18.9. The van der Waals surface area contributed by atoms with Crippen LogP contribution >= 0.6 is 34.5 Å². The van der Waals surface area contributed by atoms with E-state index in [0.29, 0.717) is 25.4 Å². The van der Waals surface area contributed by atoms with Crippen LogP contribution in [0, 0.1) is 0 Å². The molecule has 1 heterocycles. The molecular formula is C16H13Cl2N3O3S2. The standard InChI is InChI=1S/C16H13Cl2N3O3S2/c17-11-6-7-12(18)15-14(11)19-16(25-15)21-20-13(22)8-9-26(23,24)10-4-2-1-3-5-10/h1-7H,8-9H2,(H,19,21)(H,20,22). The Hall–Kier alpha value is -1.87. The molecule has 2 aromatic carbocycles. The fourth-order valence-electron chi connectivity index (χ4n) is 2.16. The van der Waals surface area contributed by atoms with Gasteiger partial charge in [-0.2, -0.15) is 0 Å². The van der Waals surface area contributed by atoms with Crippen molar-refractivity contribution in [2.45, 2.75) is 11.3 Å². The summed E-state index contributed by atoms with van der Waals surface area (Å²) in [5.41, 5.74) is 5.63. The number of halogens is 2. The van der Waals surface area contributed by atoms with Crippen LogP contribution < -0.4 is 10.9 Å². The maximum atomic E-state index is 12.2. The number of amides is 1. The second-order valence-corrected chi connectivity index (χ2v) is 9.20. The number of thiazole rings is 1. The van der Waals surface area contributed by atoms with E-state index in [1.807, 2.05) is 0 Å². The van der Waals surface area contributed by atoms with Crippen molar-refractivity contribution in [2.24, 2.45) is 0 Å². The number of aromatic nitrogens is 1. The molecule has 1 amide bonds. The van der Waals surface area contributed by atoms with Gasteiger partial charge in [-0.1, -0.05) is 52.7 Å². The van der Waals surface area contributed by atoms with Crippen LogP contribution in [0.25, 0.3) is 10.2 Å². The van der Waals surface area contributed by atoms with E-state index in [1.54, 1.807) is 30.3 Å². The van der Waals surface area contributed by atoms with E-state index in [1.165, 1.54) is 23.5 Å². The number of hydrazine groups is 1. The number of hydrogen-bond donors (Lipinski definition) is 2. The number of carbonyl (C=O) groups is 1. The minimum atomic E-state index is -3.51. The summed E-state index contributed by atoms with van der Waals surface area (Å²) in [6, 6.07) is 11.3. The fraction of sp³-hybridized carbons (Fsp3) is 0.125. The smallest absolute Gasteiger partial charge is 0.239 e. The molecular weight excluding hydrogens is 417 g/mol. The average molecular weight is 430 g/mol. The topological polar surface area (TPSA) is 88.2 Å². The first-order valence-corrected chi connectivity index (χ1v) is 10.7. The Labute approximate surface area is 164 Å². The monoisotopic (exact) mass is 429 g/mol. The average Bonchev–Trinajstić information content (AvgIpc) is 3.08. The fourth-order valence-corrected chi connectivity index (χ4v) is 4.79. The summed E-state index contributed by atoms with van der Waals surface area (Å²) in [7, 11) is -3.51. The van der Waals surface area contributed by atoms with Crippen molar-refractivity contribution in [3.05, 3.63) is 52.5 Å². The molecule has 0 atom stereocenters. The third kappa shape index (κ3) is 4.27. The van der Waals surface area contributed by atoms with Gasteiger partial charge in [-0.3, -0.25) is 15.6 Å². The van der Waals surface area contributed by atoms with Gasteiger partial charge in [-0.15, -0.1) is 0 Å². The largest absolute Gasteiger partial charge is 0.273 e. The Bertz CT molecular complexity index is 1010. The normalized spacial score (nSPS) is 11.5. The lowest BCUT2D eigenvalue weighted by molar-refractivity contribution is -0.120. The van der Waals surface area contributed by atoms with Crippen molar-refractivity contribution in [1.82, 2.24) is 10.4 Å². The molecule has 0 saturated carbocycles. The summed E-state index contributed by atoms with van der Waals surface area (Å²) < 4.78 is 25.0.